The third-order valence-corrected chi connectivity index (χ3v) is 2.46. The zero-order chi connectivity index (χ0) is 9.26. The van der Waals surface area contributed by atoms with Crippen LogP contribution in [-0.2, 0) is 6.42 Å². The second-order valence-corrected chi connectivity index (χ2v) is 3.68. The Balaban J connectivity index is 2.25. The van der Waals surface area contributed by atoms with Crippen LogP contribution in [0.25, 0.3) is 0 Å². The van der Waals surface area contributed by atoms with E-state index in [1.165, 1.54) is 0 Å². The highest BCUT2D eigenvalue weighted by Crippen LogP contribution is 2.31. The Morgan fingerprint density at radius 1 is 1.54 bits per heavy atom. The van der Waals surface area contributed by atoms with Crippen LogP contribution in [0.4, 0.5) is 0 Å². The summed E-state index contributed by atoms with van der Waals surface area (Å²) in [4.78, 5) is 4.02. The monoisotopic (exact) mass is 197 g/mol. The topological polar surface area (TPSA) is 22.1 Å². The normalized spacial score (nSPS) is 15.8. The van der Waals surface area contributed by atoms with Gasteiger partial charge >= 0.3 is 0 Å². The maximum Gasteiger partial charge on any atom is 0.142 e. The maximum absolute atomic E-state index is 5.99. The fourth-order valence-corrected chi connectivity index (χ4v) is 1.54. The molecule has 0 atom stereocenters. The predicted molar refractivity (Wildman–Crippen MR) is 52.3 cm³/mol. The number of ether oxygens (including phenoxy) is 1. The van der Waals surface area contributed by atoms with E-state index in [-0.39, 0.29) is 0 Å². The van der Waals surface area contributed by atoms with Crippen LogP contribution in [0.5, 0.6) is 5.75 Å². The molecule has 0 spiro atoms. The lowest BCUT2D eigenvalue weighted by molar-refractivity contribution is 0.299. The van der Waals surface area contributed by atoms with Crippen molar-refractivity contribution >= 4 is 11.6 Å². The molecule has 1 saturated carbocycles. The minimum atomic E-state index is 0.408. The van der Waals surface area contributed by atoms with Crippen LogP contribution in [0.2, 0.25) is 5.02 Å². The highest BCUT2D eigenvalue weighted by atomic mass is 35.5. The summed E-state index contributed by atoms with van der Waals surface area (Å²) < 4.78 is 5.68. The molecule has 0 N–H and O–H groups in total. The van der Waals surface area contributed by atoms with E-state index in [0.717, 1.165) is 30.6 Å². The molecule has 2 rings (SSSR count). The fraction of sp³-hybridized carbons (Fsp3) is 0.500. The number of aromatic nitrogens is 1. The standard InChI is InChI=1S/C10H12ClNO/c1-2-8-9(11)5-12-6-10(8)13-7-3-4-7/h5-7H,2-4H2,1H3. The third-order valence-electron chi connectivity index (χ3n) is 2.14. The van der Waals surface area contributed by atoms with Gasteiger partial charge in [-0.05, 0) is 19.3 Å². The van der Waals surface area contributed by atoms with Gasteiger partial charge in [0.05, 0.1) is 17.3 Å². The summed E-state index contributed by atoms with van der Waals surface area (Å²) in [6.07, 6.45) is 7.04. The summed E-state index contributed by atoms with van der Waals surface area (Å²) in [7, 11) is 0. The second-order valence-electron chi connectivity index (χ2n) is 3.27. The fourth-order valence-electron chi connectivity index (χ4n) is 1.25. The second kappa shape index (κ2) is 3.54. The van der Waals surface area contributed by atoms with E-state index in [0.29, 0.717) is 11.1 Å². The van der Waals surface area contributed by atoms with Gasteiger partial charge in [-0.3, -0.25) is 4.98 Å². The van der Waals surface area contributed by atoms with Crippen molar-refractivity contribution in [3.63, 3.8) is 0 Å². The van der Waals surface area contributed by atoms with E-state index in [1.807, 2.05) is 0 Å². The molecular weight excluding hydrogens is 186 g/mol. The van der Waals surface area contributed by atoms with Crippen LogP contribution in [0, 0.1) is 0 Å². The molecule has 0 unspecified atom stereocenters. The summed E-state index contributed by atoms with van der Waals surface area (Å²) in [5.41, 5.74) is 1.07. The Bertz CT molecular complexity index is 310. The lowest BCUT2D eigenvalue weighted by Gasteiger charge is -2.09. The van der Waals surface area contributed by atoms with Crippen molar-refractivity contribution < 1.29 is 4.74 Å². The SMILES string of the molecule is CCc1c(Cl)cncc1OC1CC1. The molecule has 70 valence electrons. The van der Waals surface area contributed by atoms with Crippen molar-refractivity contribution in [2.75, 3.05) is 0 Å². The summed E-state index contributed by atoms with van der Waals surface area (Å²) in [5, 5.41) is 0.709. The summed E-state index contributed by atoms with van der Waals surface area (Å²) in [6.45, 7) is 2.07. The maximum atomic E-state index is 5.99. The predicted octanol–water partition coefficient (Wildman–Crippen LogP) is 2.84. The largest absolute Gasteiger partial charge is 0.488 e. The molecule has 0 amide bonds. The average molecular weight is 198 g/mol. The molecule has 13 heavy (non-hydrogen) atoms. The van der Waals surface area contributed by atoms with Gasteiger partial charge in [0, 0.05) is 11.8 Å². The number of hydrogen-bond acceptors (Lipinski definition) is 2. The Morgan fingerprint density at radius 2 is 2.31 bits per heavy atom. The van der Waals surface area contributed by atoms with Gasteiger partial charge in [0.15, 0.2) is 0 Å². The highest BCUT2D eigenvalue weighted by molar-refractivity contribution is 6.31. The van der Waals surface area contributed by atoms with Gasteiger partial charge in [0.2, 0.25) is 0 Å². The lowest BCUT2D eigenvalue weighted by Crippen LogP contribution is -2.00. The third kappa shape index (κ3) is 1.94. The molecule has 2 nitrogen and oxygen atoms in total. The molecule has 1 aromatic heterocycles. The minimum Gasteiger partial charge on any atom is -0.488 e. The first-order chi connectivity index (χ1) is 6.31. The van der Waals surface area contributed by atoms with Crippen molar-refractivity contribution in [2.24, 2.45) is 0 Å². The van der Waals surface area contributed by atoms with Crippen LogP contribution in [-0.4, -0.2) is 11.1 Å². The van der Waals surface area contributed by atoms with Gasteiger partial charge in [-0.15, -0.1) is 0 Å². The summed E-state index contributed by atoms with van der Waals surface area (Å²) >= 11 is 5.99. The molecule has 1 aromatic rings. The van der Waals surface area contributed by atoms with E-state index in [2.05, 4.69) is 11.9 Å². The quantitative estimate of drug-likeness (QED) is 0.744. The van der Waals surface area contributed by atoms with Gasteiger partial charge in [0.1, 0.15) is 5.75 Å². The van der Waals surface area contributed by atoms with Crippen molar-refractivity contribution in [1.82, 2.24) is 4.98 Å². The number of pyridine rings is 1. The Labute approximate surface area is 82.9 Å². The van der Waals surface area contributed by atoms with E-state index in [4.69, 9.17) is 16.3 Å². The van der Waals surface area contributed by atoms with Crippen molar-refractivity contribution in [3.8, 4) is 5.75 Å². The van der Waals surface area contributed by atoms with Gasteiger partial charge < -0.3 is 4.74 Å². The molecule has 1 fully saturated rings. The van der Waals surface area contributed by atoms with Crippen LogP contribution in [0.3, 0.4) is 0 Å². The van der Waals surface area contributed by atoms with Gasteiger partial charge in [-0.1, -0.05) is 18.5 Å². The smallest absolute Gasteiger partial charge is 0.142 e. The number of rotatable bonds is 3. The first-order valence-corrected chi connectivity index (χ1v) is 4.98. The van der Waals surface area contributed by atoms with E-state index >= 15 is 0 Å². The number of hydrogen-bond donors (Lipinski definition) is 0. The van der Waals surface area contributed by atoms with Gasteiger partial charge in [0.25, 0.3) is 0 Å². The Kier molecular flexibility index (Phi) is 2.40. The average Bonchev–Trinajstić information content (AvgIpc) is 2.89. The number of nitrogens with zero attached hydrogens (tertiary/aromatic N) is 1. The summed E-state index contributed by atoms with van der Waals surface area (Å²) in [5.74, 6) is 0.859. The Morgan fingerprint density at radius 3 is 2.92 bits per heavy atom. The van der Waals surface area contributed by atoms with E-state index in [9.17, 15) is 0 Å². The molecule has 1 heterocycles. The van der Waals surface area contributed by atoms with Crippen LogP contribution in [0.1, 0.15) is 25.3 Å². The molecule has 1 aliphatic carbocycles. The minimum absolute atomic E-state index is 0.408. The zero-order valence-corrected chi connectivity index (χ0v) is 8.34. The molecule has 0 saturated heterocycles. The van der Waals surface area contributed by atoms with E-state index < -0.39 is 0 Å². The van der Waals surface area contributed by atoms with Crippen LogP contribution < -0.4 is 4.74 Å². The molecule has 1 aliphatic rings. The molecule has 0 radical (unpaired) electrons. The molecule has 0 aromatic carbocycles. The van der Waals surface area contributed by atoms with Crippen LogP contribution in [0.15, 0.2) is 12.4 Å². The van der Waals surface area contributed by atoms with Gasteiger partial charge in [-0.2, -0.15) is 0 Å². The number of halogens is 1. The highest BCUT2D eigenvalue weighted by Gasteiger charge is 2.24. The molecule has 0 bridgehead atoms. The first kappa shape index (κ1) is 8.82. The van der Waals surface area contributed by atoms with E-state index in [1.54, 1.807) is 12.4 Å². The molecular formula is C10H12ClNO. The van der Waals surface area contributed by atoms with Crippen LogP contribution >= 0.6 is 11.6 Å². The summed E-state index contributed by atoms with van der Waals surface area (Å²) in [6, 6.07) is 0. The molecule has 3 heteroatoms. The van der Waals surface area contributed by atoms with Crippen molar-refractivity contribution in [1.29, 1.82) is 0 Å². The van der Waals surface area contributed by atoms with Crippen molar-refractivity contribution in [3.05, 3.63) is 23.0 Å². The lowest BCUT2D eigenvalue weighted by atomic mass is 10.2. The first-order valence-electron chi connectivity index (χ1n) is 4.60. The zero-order valence-electron chi connectivity index (χ0n) is 7.59. The van der Waals surface area contributed by atoms with Gasteiger partial charge in [-0.25, -0.2) is 0 Å². The van der Waals surface area contributed by atoms with Crippen molar-refractivity contribution in [2.45, 2.75) is 32.3 Å². The Hall–Kier alpha value is -0.760. The molecule has 0 aliphatic heterocycles.